The average molecular weight is 182 g/mol. The van der Waals surface area contributed by atoms with Crippen molar-refractivity contribution in [3.63, 3.8) is 0 Å². The Kier molecular flexibility index (Phi) is 4.00. The third-order valence-corrected chi connectivity index (χ3v) is 2.71. The first-order valence-corrected chi connectivity index (χ1v) is 4.98. The molecule has 1 aliphatic carbocycles. The molecule has 0 amide bonds. The Morgan fingerprint density at radius 2 is 2.15 bits per heavy atom. The van der Waals surface area contributed by atoms with Crippen LogP contribution in [0.15, 0.2) is 12.2 Å². The third-order valence-electron chi connectivity index (χ3n) is 2.71. The van der Waals surface area contributed by atoms with Gasteiger partial charge in [-0.15, -0.1) is 0 Å². The quantitative estimate of drug-likeness (QED) is 0.460. The zero-order valence-corrected chi connectivity index (χ0v) is 8.34. The van der Waals surface area contributed by atoms with E-state index >= 15 is 0 Å². The number of carbonyl (C=O) groups is 1. The molecular weight excluding hydrogens is 164 g/mol. The maximum absolute atomic E-state index is 11.3. The molecule has 0 aliphatic heterocycles. The Hall–Kier alpha value is -0.790. The Balaban J connectivity index is 2.45. The van der Waals surface area contributed by atoms with Crippen molar-refractivity contribution in [2.24, 2.45) is 5.92 Å². The number of allylic oxidation sites excluding steroid dienone is 1. The molecule has 1 unspecified atom stereocenters. The normalized spacial score (nSPS) is 24.7. The Labute approximate surface area is 80.0 Å². The van der Waals surface area contributed by atoms with Crippen LogP contribution in [0.5, 0.6) is 0 Å². The van der Waals surface area contributed by atoms with Gasteiger partial charge in [-0.3, -0.25) is 4.79 Å². The second-order valence-corrected chi connectivity index (χ2v) is 3.75. The summed E-state index contributed by atoms with van der Waals surface area (Å²) < 4.78 is 4.75. The summed E-state index contributed by atoms with van der Waals surface area (Å²) in [6.45, 7) is 3.98. The lowest BCUT2D eigenvalue weighted by Crippen LogP contribution is -2.17. The summed E-state index contributed by atoms with van der Waals surface area (Å²) in [5, 5.41) is 0. The minimum Gasteiger partial charge on any atom is -0.469 e. The molecule has 0 heterocycles. The predicted octanol–water partition coefficient (Wildman–Crippen LogP) is 2.69. The van der Waals surface area contributed by atoms with Crippen molar-refractivity contribution in [2.75, 3.05) is 7.11 Å². The van der Waals surface area contributed by atoms with Crippen molar-refractivity contribution in [2.45, 2.75) is 38.5 Å². The first-order valence-electron chi connectivity index (χ1n) is 4.98. The van der Waals surface area contributed by atoms with E-state index in [1.54, 1.807) is 0 Å². The predicted molar refractivity (Wildman–Crippen MR) is 52.3 cm³/mol. The summed E-state index contributed by atoms with van der Waals surface area (Å²) in [6.07, 6.45) is 6.32. The molecule has 1 fully saturated rings. The molecule has 0 radical (unpaired) electrons. The van der Waals surface area contributed by atoms with Crippen molar-refractivity contribution < 1.29 is 9.53 Å². The summed E-state index contributed by atoms with van der Waals surface area (Å²) in [7, 11) is 1.47. The van der Waals surface area contributed by atoms with Gasteiger partial charge >= 0.3 is 5.97 Å². The van der Waals surface area contributed by atoms with Crippen molar-refractivity contribution >= 4 is 5.97 Å². The first-order chi connectivity index (χ1) is 6.24. The molecule has 1 aliphatic rings. The molecule has 1 rings (SSSR count). The fraction of sp³-hybridized carbons (Fsp3) is 0.727. The summed E-state index contributed by atoms with van der Waals surface area (Å²) in [6, 6.07) is 0. The Morgan fingerprint density at radius 1 is 1.38 bits per heavy atom. The summed E-state index contributed by atoms with van der Waals surface area (Å²) in [5.74, 6) is 0.0664. The Bertz CT molecular complexity index is 196. The van der Waals surface area contributed by atoms with Gasteiger partial charge in [-0.25, -0.2) is 0 Å². The smallest absolute Gasteiger partial charge is 0.308 e. The topological polar surface area (TPSA) is 26.3 Å². The number of hydrogen-bond acceptors (Lipinski definition) is 2. The van der Waals surface area contributed by atoms with E-state index in [1.807, 2.05) is 0 Å². The van der Waals surface area contributed by atoms with Crippen LogP contribution in [0.2, 0.25) is 0 Å². The highest BCUT2D eigenvalue weighted by Crippen LogP contribution is 2.25. The first kappa shape index (κ1) is 10.3. The van der Waals surface area contributed by atoms with E-state index in [4.69, 9.17) is 4.74 Å². The molecule has 0 spiro atoms. The number of esters is 1. The molecular formula is C11H18O2. The molecule has 0 saturated heterocycles. The highest BCUT2D eigenvalue weighted by molar-refractivity contribution is 5.72. The zero-order valence-electron chi connectivity index (χ0n) is 8.34. The number of hydrogen-bond donors (Lipinski definition) is 0. The highest BCUT2D eigenvalue weighted by atomic mass is 16.5. The van der Waals surface area contributed by atoms with Gasteiger partial charge in [0.25, 0.3) is 0 Å². The third kappa shape index (κ3) is 3.21. The lowest BCUT2D eigenvalue weighted by atomic mass is 9.89. The van der Waals surface area contributed by atoms with Gasteiger partial charge in [-0.1, -0.05) is 18.6 Å². The average Bonchev–Trinajstić information content (AvgIpc) is 2.11. The van der Waals surface area contributed by atoms with Gasteiger partial charge in [0.1, 0.15) is 0 Å². The number of rotatable bonds is 1. The maximum Gasteiger partial charge on any atom is 0.308 e. The van der Waals surface area contributed by atoms with Crippen LogP contribution < -0.4 is 0 Å². The number of methoxy groups -OCH3 is 1. The lowest BCUT2D eigenvalue weighted by Gasteiger charge is -2.18. The molecule has 1 saturated carbocycles. The second-order valence-electron chi connectivity index (χ2n) is 3.75. The fourth-order valence-electron chi connectivity index (χ4n) is 1.82. The standard InChI is InChI=1S/C11H18O2/c1-9-5-3-4-6-10(8-7-9)11(12)13-2/h10H,1,3-8H2,2H3. The highest BCUT2D eigenvalue weighted by Gasteiger charge is 2.20. The van der Waals surface area contributed by atoms with Gasteiger partial charge in [0.15, 0.2) is 0 Å². The van der Waals surface area contributed by atoms with Crippen LogP contribution in [-0.2, 0) is 9.53 Å². The molecule has 74 valence electrons. The van der Waals surface area contributed by atoms with Crippen LogP contribution >= 0.6 is 0 Å². The summed E-state index contributed by atoms with van der Waals surface area (Å²) >= 11 is 0. The van der Waals surface area contributed by atoms with E-state index in [0.29, 0.717) is 0 Å². The van der Waals surface area contributed by atoms with E-state index in [9.17, 15) is 4.79 Å². The largest absolute Gasteiger partial charge is 0.469 e. The van der Waals surface area contributed by atoms with E-state index in [0.717, 1.165) is 32.1 Å². The molecule has 0 aromatic carbocycles. The molecule has 2 nitrogen and oxygen atoms in total. The van der Waals surface area contributed by atoms with Gasteiger partial charge < -0.3 is 4.74 Å². The monoisotopic (exact) mass is 182 g/mol. The van der Waals surface area contributed by atoms with Crippen LogP contribution in [0.1, 0.15) is 38.5 Å². The van der Waals surface area contributed by atoms with Crippen molar-refractivity contribution in [1.29, 1.82) is 0 Å². The van der Waals surface area contributed by atoms with Crippen molar-refractivity contribution in [1.82, 2.24) is 0 Å². The molecule has 2 heteroatoms. The van der Waals surface area contributed by atoms with Crippen LogP contribution in [0.3, 0.4) is 0 Å². The van der Waals surface area contributed by atoms with Crippen LogP contribution in [0.25, 0.3) is 0 Å². The van der Waals surface area contributed by atoms with Gasteiger partial charge in [0.2, 0.25) is 0 Å². The fourth-order valence-corrected chi connectivity index (χ4v) is 1.82. The number of ether oxygens (including phenoxy) is 1. The van der Waals surface area contributed by atoms with Gasteiger partial charge in [0.05, 0.1) is 13.0 Å². The second kappa shape index (κ2) is 5.05. The van der Waals surface area contributed by atoms with Crippen LogP contribution in [0.4, 0.5) is 0 Å². The van der Waals surface area contributed by atoms with Crippen molar-refractivity contribution in [3.05, 3.63) is 12.2 Å². The summed E-state index contributed by atoms with van der Waals surface area (Å²) in [5.41, 5.74) is 1.29. The van der Waals surface area contributed by atoms with Gasteiger partial charge in [-0.05, 0) is 32.1 Å². The van der Waals surface area contributed by atoms with Crippen LogP contribution in [0, 0.1) is 5.92 Å². The van der Waals surface area contributed by atoms with E-state index in [2.05, 4.69) is 6.58 Å². The molecule has 0 aromatic heterocycles. The van der Waals surface area contributed by atoms with Crippen LogP contribution in [-0.4, -0.2) is 13.1 Å². The maximum atomic E-state index is 11.3. The molecule has 13 heavy (non-hydrogen) atoms. The molecule has 1 atom stereocenters. The van der Waals surface area contributed by atoms with Gasteiger partial charge in [-0.2, -0.15) is 0 Å². The van der Waals surface area contributed by atoms with Gasteiger partial charge in [0, 0.05) is 0 Å². The van der Waals surface area contributed by atoms with E-state index in [1.165, 1.54) is 19.1 Å². The Morgan fingerprint density at radius 3 is 2.85 bits per heavy atom. The summed E-state index contributed by atoms with van der Waals surface area (Å²) in [4.78, 5) is 11.3. The SMILES string of the molecule is C=C1CCCCC(C(=O)OC)CC1. The number of carbonyl (C=O) groups excluding carboxylic acids is 1. The molecule has 0 N–H and O–H groups in total. The molecule has 0 aromatic rings. The zero-order chi connectivity index (χ0) is 9.68. The molecule has 0 bridgehead atoms. The van der Waals surface area contributed by atoms with Crippen molar-refractivity contribution in [3.8, 4) is 0 Å². The minimum atomic E-state index is -0.0466. The van der Waals surface area contributed by atoms with E-state index < -0.39 is 0 Å². The lowest BCUT2D eigenvalue weighted by molar-refractivity contribution is -0.146. The van der Waals surface area contributed by atoms with E-state index in [-0.39, 0.29) is 11.9 Å². The minimum absolute atomic E-state index is 0.0466.